The topological polar surface area (TPSA) is 77.2 Å². The number of hydrogen-bond acceptors (Lipinski definition) is 4. The van der Waals surface area contributed by atoms with Gasteiger partial charge in [0.25, 0.3) is 0 Å². The van der Waals surface area contributed by atoms with Crippen molar-refractivity contribution in [1.29, 1.82) is 0 Å². The highest BCUT2D eigenvalue weighted by Crippen LogP contribution is 2.38. The van der Waals surface area contributed by atoms with E-state index in [1.54, 1.807) is 0 Å². The Morgan fingerprint density at radius 3 is 2.75 bits per heavy atom. The molecule has 1 fully saturated rings. The van der Waals surface area contributed by atoms with E-state index in [1.807, 2.05) is 18.4 Å². The molecule has 2 rings (SSSR count). The fourth-order valence-electron chi connectivity index (χ4n) is 1.55. The maximum Gasteiger partial charge on any atom is 0.317 e. The highest BCUT2D eigenvalue weighted by Gasteiger charge is 2.31. The Morgan fingerprint density at radius 1 is 1.56 bits per heavy atom. The molecule has 0 aromatic carbocycles. The van der Waals surface area contributed by atoms with Crippen molar-refractivity contribution in [3.05, 3.63) is 5.82 Å². The van der Waals surface area contributed by atoms with Crippen LogP contribution in [0.4, 0.5) is 0 Å². The molecule has 0 atom stereocenters. The molecule has 0 saturated heterocycles. The SMILES string of the molecule is CC(C)Oc1nnc(CC(=O)O)n1C1CC1. The van der Waals surface area contributed by atoms with Crippen LogP contribution in [0, 0.1) is 0 Å². The molecule has 16 heavy (non-hydrogen) atoms. The number of ether oxygens (including phenoxy) is 1. The monoisotopic (exact) mass is 225 g/mol. The second kappa shape index (κ2) is 4.11. The Labute approximate surface area is 93.2 Å². The lowest BCUT2D eigenvalue weighted by atomic mass is 10.4. The minimum atomic E-state index is -0.898. The Morgan fingerprint density at radius 2 is 2.25 bits per heavy atom. The van der Waals surface area contributed by atoms with Crippen LogP contribution in [0.3, 0.4) is 0 Å². The quantitative estimate of drug-likeness (QED) is 0.809. The van der Waals surface area contributed by atoms with Crippen LogP contribution in [0.25, 0.3) is 0 Å². The van der Waals surface area contributed by atoms with Gasteiger partial charge in [-0.25, -0.2) is 0 Å². The number of carboxylic acids is 1. The van der Waals surface area contributed by atoms with E-state index in [0.717, 1.165) is 12.8 Å². The number of carboxylic acid groups (broad SMARTS) is 1. The van der Waals surface area contributed by atoms with Gasteiger partial charge in [-0.15, -0.1) is 5.10 Å². The highest BCUT2D eigenvalue weighted by molar-refractivity contribution is 5.69. The number of aromatic nitrogens is 3. The largest absolute Gasteiger partial charge is 0.481 e. The van der Waals surface area contributed by atoms with Crippen LogP contribution in [0.15, 0.2) is 0 Å². The molecule has 88 valence electrons. The average molecular weight is 225 g/mol. The summed E-state index contributed by atoms with van der Waals surface area (Å²) in [6.07, 6.45) is 1.99. The molecule has 6 heteroatoms. The molecule has 1 aliphatic carbocycles. The lowest BCUT2D eigenvalue weighted by Gasteiger charge is -2.11. The zero-order chi connectivity index (χ0) is 11.7. The minimum absolute atomic E-state index is 0.0133. The van der Waals surface area contributed by atoms with E-state index in [9.17, 15) is 4.79 Å². The first-order chi connectivity index (χ1) is 7.58. The van der Waals surface area contributed by atoms with Crippen LogP contribution in [0.2, 0.25) is 0 Å². The smallest absolute Gasteiger partial charge is 0.317 e. The Kier molecular flexibility index (Phi) is 2.80. The standard InChI is InChI=1S/C10H15N3O3/c1-6(2)16-10-12-11-8(5-9(14)15)13(10)7-3-4-7/h6-7H,3-5H2,1-2H3,(H,14,15). The average Bonchev–Trinajstić information content (AvgIpc) is 2.91. The van der Waals surface area contributed by atoms with Crippen molar-refractivity contribution in [2.45, 2.75) is 45.3 Å². The van der Waals surface area contributed by atoms with Crippen LogP contribution in [0.1, 0.15) is 38.6 Å². The summed E-state index contributed by atoms with van der Waals surface area (Å²) in [6.45, 7) is 3.81. The van der Waals surface area contributed by atoms with Crippen LogP contribution >= 0.6 is 0 Å². The van der Waals surface area contributed by atoms with Gasteiger partial charge in [-0.3, -0.25) is 9.36 Å². The number of rotatable bonds is 5. The Bertz CT molecular complexity index is 396. The Balaban J connectivity index is 2.24. The molecule has 0 amide bonds. The Hall–Kier alpha value is -1.59. The van der Waals surface area contributed by atoms with Crippen molar-refractivity contribution in [1.82, 2.24) is 14.8 Å². The summed E-state index contributed by atoms with van der Waals surface area (Å²) in [6, 6.07) is 0.756. The van der Waals surface area contributed by atoms with E-state index < -0.39 is 5.97 Å². The van der Waals surface area contributed by atoms with Crippen LogP contribution in [-0.4, -0.2) is 31.9 Å². The van der Waals surface area contributed by atoms with Crippen molar-refractivity contribution in [2.75, 3.05) is 0 Å². The minimum Gasteiger partial charge on any atom is -0.481 e. The summed E-state index contributed by atoms with van der Waals surface area (Å²) >= 11 is 0. The third-order valence-electron chi connectivity index (χ3n) is 2.30. The van der Waals surface area contributed by atoms with E-state index in [2.05, 4.69) is 10.2 Å². The predicted octanol–water partition coefficient (Wildman–Crippen LogP) is 1.03. The molecule has 0 unspecified atom stereocenters. The molecule has 0 radical (unpaired) electrons. The zero-order valence-corrected chi connectivity index (χ0v) is 9.38. The van der Waals surface area contributed by atoms with E-state index in [4.69, 9.17) is 9.84 Å². The maximum absolute atomic E-state index is 10.7. The first kappa shape index (κ1) is 10.9. The molecule has 1 aliphatic rings. The van der Waals surface area contributed by atoms with Gasteiger partial charge in [-0.1, -0.05) is 5.10 Å². The highest BCUT2D eigenvalue weighted by atomic mass is 16.5. The zero-order valence-electron chi connectivity index (χ0n) is 9.38. The third-order valence-corrected chi connectivity index (χ3v) is 2.30. The fourth-order valence-corrected chi connectivity index (χ4v) is 1.55. The predicted molar refractivity (Wildman–Crippen MR) is 55.4 cm³/mol. The van der Waals surface area contributed by atoms with Gasteiger partial charge in [-0.05, 0) is 26.7 Å². The number of aliphatic carboxylic acids is 1. The van der Waals surface area contributed by atoms with Crippen molar-refractivity contribution < 1.29 is 14.6 Å². The van der Waals surface area contributed by atoms with Gasteiger partial charge in [0, 0.05) is 6.04 Å². The van der Waals surface area contributed by atoms with Crippen LogP contribution < -0.4 is 4.74 Å². The van der Waals surface area contributed by atoms with Gasteiger partial charge < -0.3 is 9.84 Å². The molecule has 1 saturated carbocycles. The lowest BCUT2D eigenvalue weighted by molar-refractivity contribution is -0.136. The van der Waals surface area contributed by atoms with Gasteiger partial charge in [0.05, 0.1) is 6.10 Å². The summed E-state index contributed by atoms with van der Waals surface area (Å²) < 4.78 is 7.32. The normalized spacial score (nSPS) is 15.4. The molecule has 1 aromatic heterocycles. The first-order valence-electron chi connectivity index (χ1n) is 5.40. The van der Waals surface area contributed by atoms with Crippen molar-refractivity contribution in [3.63, 3.8) is 0 Å². The van der Waals surface area contributed by atoms with Gasteiger partial charge in [0.1, 0.15) is 12.2 Å². The van der Waals surface area contributed by atoms with E-state index in [-0.39, 0.29) is 12.5 Å². The third kappa shape index (κ3) is 2.32. The van der Waals surface area contributed by atoms with E-state index in [0.29, 0.717) is 17.9 Å². The van der Waals surface area contributed by atoms with E-state index >= 15 is 0 Å². The number of carbonyl (C=O) groups is 1. The summed E-state index contributed by atoms with van der Waals surface area (Å²) in [5, 5.41) is 16.5. The molecule has 1 aromatic rings. The molecule has 0 bridgehead atoms. The summed E-state index contributed by atoms with van der Waals surface area (Å²) in [5.41, 5.74) is 0. The fraction of sp³-hybridized carbons (Fsp3) is 0.700. The van der Waals surface area contributed by atoms with Gasteiger partial charge in [0.15, 0.2) is 0 Å². The van der Waals surface area contributed by atoms with Crippen LogP contribution in [-0.2, 0) is 11.2 Å². The van der Waals surface area contributed by atoms with Gasteiger partial charge in [0.2, 0.25) is 0 Å². The molecule has 0 aliphatic heterocycles. The van der Waals surface area contributed by atoms with Gasteiger partial charge >= 0.3 is 12.0 Å². The molecule has 1 heterocycles. The van der Waals surface area contributed by atoms with Crippen molar-refractivity contribution >= 4 is 5.97 Å². The summed E-state index contributed by atoms with van der Waals surface area (Å²) in [7, 11) is 0. The second-order valence-corrected chi connectivity index (χ2v) is 4.24. The van der Waals surface area contributed by atoms with Crippen LogP contribution in [0.5, 0.6) is 6.01 Å². The van der Waals surface area contributed by atoms with Crippen molar-refractivity contribution in [2.24, 2.45) is 0 Å². The molecule has 0 spiro atoms. The molecular formula is C10H15N3O3. The molecular weight excluding hydrogens is 210 g/mol. The summed E-state index contributed by atoms with van der Waals surface area (Å²) in [4.78, 5) is 10.7. The first-order valence-corrected chi connectivity index (χ1v) is 5.40. The lowest BCUT2D eigenvalue weighted by Crippen LogP contribution is -2.13. The molecule has 1 N–H and O–H groups in total. The molecule has 6 nitrogen and oxygen atoms in total. The second-order valence-electron chi connectivity index (χ2n) is 4.24. The van der Waals surface area contributed by atoms with Crippen molar-refractivity contribution in [3.8, 4) is 6.01 Å². The van der Waals surface area contributed by atoms with Gasteiger partial charge in [-0.2, -0.15) is 0 Å². The summed E-state index contributed by atoms with van der Waals surface area (Å²) in [5.74, 6) is -0.420. The maximum atomic E-state index is 10.7. The van der Waals surface area contributed by atoms with E-state index in [1.165, 1.54) is 0 Å². The number of hydrogen-bond donors (Lipinski definition) is 1. The number of nitrogens with zero attached hydrogens (tertiary/aromatic N) is 3.